The second-order valence-corrected chi connectivity index (χ2v) is 8.53. The Labute approximate surface area is 177 Å². The minimum atomic E-state index is -3.91. The van der Waals surface area contributed by atoms with E-state index in [1.54, 1.807) is 37.4 Å². The Bertz CT molecular complexity index is 1390. The minimum absolute atomic E-state index is 0.0234. The molecule has 0 spiro atoms. The van der Waals surface area contributed by atoms with Crippen LogP contribution in [-0.4, -0.2) is 41.4 Å². The average molecular weight is 438 g/mol. The van der Waals surface area contributed by atoms with Crippen LogP contribution < -0.4 is 19.5 Å². The van der Waals surface area contributed by atoms with Crippen LogP contribution in [-0.2, 0) is 17.1 Å². The van der Waals surface area contributed by atoms with Crippen molar-refractivity contribution in [2.24, 2.45) is 7.05 Å². The van der Waals surface area contributed by atoms with E-state index in [4.69, 9.17) is 9.47 Å². The highest BCUT2D eigenvalue weighted by atomic mass is 32.2. The second kappa shape index (κ2) is 7.43. The number of hydrogen-bond donors (Lipinski definition) is 2. The lowest BCUT2D eigenvalue weighted by Crippen LogP contribution is -2.16. The van der Waals surface area contributed by atoms with E-state index in [9.17, 15) is 8.42 Å². The highest BCUT2D eigenvalue weighted by Gasteiger charge is 2.21. The number of fused-ring (bicyclic) bond motifs is 2. The predicted octanol–water partition coefficient (Wildman–Crippen LogP) is 2.68. The maximum absolute atomic E-state index is 12.9. The fourth-order valence-corrected chi connectivity index (χ4v) is 4.13. The average Bonchev–Trinajstić information content (AvgIpc) is 3.21. The van der Waals surface area contributed by atoms with E-state index in [2.05, 4.69) is 25.1 Å². The maximum Gasteiger partial charge on any atom is 0.266 e. The fourth-order valence-electron chi connectivity index (χ4n) is 3.14. The lowest BCUT2D eigenvalue weighted by atomic mass is 10.2. The van der Waals surface area contributed by atoms with Crippen molar-refractivity contribution >= 4 is 38.4 Å². The molecule has 158 valence electrons. The van der Waals surface area contributed by atoms with Gasteiger partial charge in [0.2, 0.25) is 0 Å². The summed E-state index contributed by atoms with van der Waals surface area (Å²) in [6, 6.07) is 12.6. The molecule has 2 N–H and O–H groups in total. The quantitative estimate of drug-likeness (QED) is 0.488. The van der Waals surface area contributed by atoms with Gasteiger partial charge in [0.05, 0.1) is 17.2 Å². The molecule has 10 nitrogen and oxygen atoms in total. The number of aromatic nitrogens is 4. The Morgan fingerprint density at radius 2 is 1.68 bits per heavy atom. The van der Waals surface area contributed by atoms with Crippen LogP contribution in [0.3, 0.4) is 0 Å². The van der Waals surface area contributed by atoms with Crippen molar-refractivity contribution in [3.05, 3.63) is 54.9 Å². The number of rotatable bonds is 5. The number of anilines is 3. The molecule has 0 bridgehead atoms. The summed E-state index contributed by atoms with van der Waals surface area (Å²) in [6.45, 7) is 0.957. The summed E-state index contributed by atoms with van der Waals surface area (Å²) in [5.74, 6) is 1.57. The zero-order valence-electron chi connectivity index (χ0n) is 16.4. The van der Waals surface area contributed by atoms with Gasteiger partial charge >= 0.3 is 0 Å². The molecule has 0 saturated heterocycles. The van der Waals surface area contributed by atoms with Crippen molar-refractivity contribution in [1.82, 2.24) is 19.7 Å². The molecule has 2 aromatic heterocycles. The fraction of sp³-hybridized carbons (Fsp3) is 0.150. The first-order chi connectivity index (χ1) is 15.0. The molecule has 2 aromatic carbocycles. The molecule has 1 aliphatic rings. The van der Waals surface area contributed by atoms with Gasteiger partial charge in [-0.25, -0.2) is 18.4 Å². The van der Waals surface area contributed by atoms with Gasteiger partial charge in [0.15, 0.2) is 23.1 Å². The molecule has 0 saturated carbocycles. The number of para-hydroxylation sites is 2. The van der Waals surface area contributed by atoms with E-state index < -0.39 is 10.0 Å². The number of sulfonamides is 1. The van der Waals surface area contributed by atoms with Crippen LogP contribution in [0.5, 0.6) is 11.5 Å². The third-order valence-electron chi connectivity index (χ3n) is 4.60. The van der Waals surface area contributed by atoms with Crippen molar-refractivity contribution in [2.45, 2.75) is 4.90 Å². The van der Waals surface area contributed by atoms with Crippen LogP contribution >= 0.6 is 0 Å². The molecule has 0 unspecified atom stereocenters. The van der Waals surface area contributed by atoms with Gasteiger partial charge in [-0.15, -0.1) is 0 Å². The molecule has 11 heteroatoms. The Balaban J connectivity index is 1.55. The lowest BCUT2D eigenvalue weighted by molar-refractivity contribution is 0.171. The van der Waals surface area contributed by atoms with E-state index in [1.807, 2.05) is 12.1 Å². The summed E-state index contributed by atoms with van der Waals surface area (Å²) >= 11 is 0. The highest BCUT2D eigenvalue weighted by Crippen LogP contribution is 2.34. The van der Waals surface area contributed by atoms with Gasteiger partial charge in [0, 0.05) is 25.0 Å². The van der Waals surface area contributed by atoms with Crippen LogP contribution in [0.25, 0.3) is 11.0 Å². The molecule has 4 aromatic rings. The first-order valence-electron chi connectivity index (χ1n) is 9.43. The molecule has 3 heterocycles. The van der Waals surface area contributed by atoms with E-state index in [-0.39, 0.29) is 16.5 Å². The smallest absolute Gasteiger partial charge is 0.266 e. The lowest BCUT2D eigenvalue weighted by Gasteiger charge is -2.19. The minimum Gasteiger partial charge on any atom is -0.486 e. The maximum atomic E-state index is 12.9. The van der Waals surface area contributed by atoms with Gasteiger partial charge in [0.25, 0.3) is 10.0 Å². The first-order valence-corrected chi connectivity index (χ1v) is 10.9. The van der Waals surface area contributed by atoms with Gasteiger partial charge in [-0.1, -0.05) is 12.1 Å². The summed E-state index contributed by atoms with van der Waals surface area (Å²) in [5.41, 5.74) is 1.82. The molecule has 0 radical (unpaired) electrons. The Hall–Kier alpha value is -3.86. The van der Waals surface area contributed by atoms with Crippen molar-refractivity contribution in [3.63, 3.8) is 0 Å². The van der Waals surface area contributed by atoms with Crippen molar-refractivity contribution in [3.8, 4) is 11.5 Å². The zero-order chi connectivity index (χ0) is 21.4. The molecule has 31 heavy (non-hydrogen) atoms. The summed E-state index contributed by atoms with van der Waals surface area (Å²) in [7, 11) is -2.27. The van der Waals surface area contributed by atoms with E-state index in [0.29, 0.717) is 41.4 Å². The molecular weight excluding hydrogens is 420 g/mol. The highest BCUT2D eigenvalue weighted by molar-refractivity contribution is 7.92. The summed E-state index contributed by atoms with van der Waals surface area (Å²) < 4.78 is 40.8. The Kier molecular flexibility index (Phi) is 4.59. The van der Waals surface area contributed by atoms with Crippen LogP contribution in [0.2, 0.25) is 0 Å². The van der Waals surface area contributed by atoms with Crippen molar-refractivity contribution in [2.75, 3.05) is 23.3 Å². The van der Waals surface area contributed by atoms with E-state index in [0.717, 1.165) is 0 Å². The van der Waals surface area contributed by atoms with Gasteiger partial charge in [-0.3, -0.25) is 9.40 Å². The van der Waals surface area contributed by atoms with Crippen LogP contribution in [0.4, 0.5) is 17.3 Å². The van der Waals surface area contributed by atoms with Crippen molar-refractivity contribution < 1.29 is 17.9 Å². The number of nitrogens with zero attached hydrogens (tertiary/aromatic N) is 4. The molecular formula is C20H18N6O4S. The van der Waals surface area contributed by atoms with E-state index >= 15 is 0 Å². The zero-order valence-corrected chi connectivity index (χ0v) is 17.3. The molecule has 0 fully saturated rings. The topological polar surface area (TPSA) is 120 Å². The van der Waals surface area contributed by atoms with Gasteiger partial charge in [-0.05, 0) is 24.3 Å². The number of hydrogen-bond acceptors (Lipinski definition) is 8. The first kappa shape index (κ1) is 19.1. The largest absolute Gasteiger partial charge is 0.486 e. The third kappa shape index (κ3) is 3.82. The Morgan fingerprint density at radius 1 is 0.968 bits per heavy atom. The standard InChI is InChI=1S/C20H18N6O4S/c1-26-12-14(11-21-26)31(27,28)25-20-19(23-15-4-2-3-5-16(15)24-20)22-13-6-7-17-18(10-13)30-9-8-29-17/h2-7,10-12H,8-9H2,1H3,(H,22,23)(H,24,25). The Morgan fingerprint density at radius 3 is 2.39 bits per heavy atom. The second-order valence-electron chi connectivity index (χ2n) is 6.85. The van der Waals surface area contributed by atoms with Gasteiger partial charge in [0.1, 0.15) is 18.1 Å². The van der Waals surface area contributed by atoms with Crippen LogP contribution in [0.1, 0.15) is 0 Å². The van der Waals surface area contributed by atoms with E-state index in [1.165, 1.54) is 17.1 Å². The van der Waals surface area contributed by atoms with Gasteiger partial charge in [-0.2, -0.15) is 5.10 Å². The van der Waals surface area contributed by atoms with Crippen molar-refractivity contribution in [1.29, 1.82) is 0 Å². The molecule has 0 atom stereocenters. The number of aryl methyl sites for hydroxylation is 1. The monoisotopic (exact) mass is 438 g/mol. The number of ether oxygens (including phenoxy) is 2. The molecule has 1 aliphatic heterocycles. The van der Waals surface area contributed by atoms with Crippen LogP contribution in [0, 0.1) is 0 Å². The summed E-state index contributed by atoms with van der Waals surface area (Å²) in [5, 5.41) is 7.06. The third-order valence-corrected chi connectivity index (χ3v) is 5.89. The molecule has 5 rings (SSSR count). The summed E-state index contributed by atoms with van der Waals surface area (Å²) in [6.07, 6.45) is 2.68. The van der Waals surface area contributed by atoms with Gasteiger partial charge < -0.3 is 14.8 Å². The molecule has 0 amide bonds. The molecule has 0 aliphatic carbocycles. The normalized spacial score (nSPS) is 13.2. The van der Waals surface area contributed by atoms with Crippen LogP contribution in [0.15, 0.2) is 59.8 Å². The number of nitrogens with one attached hydrogen (secondary N) is 2. The SMILES string of the molecule is Cn1cc(S(=O)(=O)Nc2nc3ccccc3nc2Nc2ccc3c(c2)OCCO3)cn1. The summed E-state index contributed by atoms with van der Waals surface area (Å²) in [4.78, 5) is 9.07. The number of benzene rings is 2. The predicted molar refractivity (Wildman–Crippen MR) is 114 cm³/mol.